The van der Waals surface area contributed by atoms with Crippen LogP contribution in [-0.4, -0.2) is 68.0 Å². The van der Waals surface area contributed by atoms with E-state index in [9.17, 15) is 4.79 Å². The van der Waals surface area contributed by atoms with Gasteiger partial charge in [-0.2, -0.15) is 0 Å². The molecule has 180 valence electrons. The Kier molecular flexibility index (Phi) is 5.01. The Morgan fingerprint density at radius 2 is 1.97 bits per heavy atom. The summed E-state index contributed by atoms with van der Waals surface area (Å²) in [5.41, 5.74) is 1.37. The first-order valence-electron chi connectivity index (χ1n) is 12.9. The van der Waals surface area contributed by atoms with Crippen molar-refractivity contribution in [3.8, 4) is 5.75 Å². The van der Waals surface area contributed by atoms with Crippen LogP contribution in [0.4, 0.5) is 5.69 Å². The minimum atomic E-state index is -0.0576. The van der Waals surface area contributed by atoms with Crippen molar-refractivity contribution >= 4 is 11.7 Å². The van der Waals surface area contributed by atoms with Crippen molar-refractivity contribution in [2.24, 2.45) is 23.2 Å². The highest BCUT2D eigenvalue weighted by Crippen LogP contribution is 2.70. The second kappa shape index (κ2) is 7.61. The van der Waals surface area contributed by atoms with E-state index in [4.69, 9.17) is 14.2 Å². The lowest BCUT2D eigenvalue weighted by Gasteiger charge is -2.49. The van der Waals surface area contributed by atoms with Crippen LogP contribution in [0.3, 0.4) is 0 Å². The molecule has 2 aliphatic carbocycles. The van der Waals surface area contributed by atoms with Gasteiger partial charge in [-0.1, -0.05) is 20.3 Å². The maximum atomic E-state index is 13.1. The van der Waals surface area contributed by atoms with Crippen molar-refractivity contribution in [1.29, 1.82) is 0 Å². The van der Waals surface area contributed by atoms with E-state index in [0.717, 1.165) is 38.3 Å². The molecule has 33 heavy (non-hydrogen) atoms. The predicted octanol–water partition coefficient (Wildman–Crippen LogP) is 3.73. The number of fused-ring (bicyclic) bond motifs is 2. The number of carbonyl (C=O) groups excluding carboxylic acids is 1. The molecular weight excluding hydrogens is 416 g/mol. The fourth-order valence-electron chi connectivity index (χ4n) is 8.08. The van der Waals surface area contributed by atoms with Gasteiger partial charge in [0.05, 0.1) is 19.1 Å². The fraction of sp³-hybridized carbons (Fsp3) is 0.741. The van der Waals surface area contributed by atoms with Crippen LogP contribution < -0.4 is 9.64 Å². The van der Waals surface area contributed by atoms with Crippen molar-refractivity contribution in [3.63, 3.8) is 0 Å². The summed E-state index contributed by atoms with van der Waals surface area (Å²) in [6.07, 6.45) is 4.92. The molecule has 1 aromatic rings. The van der Waals surface area contributed by atoms with Crippen LogP contribution in [0.25, 0.3) is 0 Å². The summed E-state index contributed by atoms with van der Waals surface area (Å²) in [4.78, 5) is 18.0. The van der Waals surface area contributed by atoms with Gasteiger partial charge in [0.25, 0.3) is 0 Å². The van der Waals surface area contributed by atoms with Gasteiger partial charge in [0.1, 0.15) is 17.5 Å². The SMILES string of the molecule is COc1ccc(N2CCN(C[C@H]3C(=O)O[C@@H]4C[C@@]5(C)CCC[C@H](C)[C@@]56O[C@H]6[C@@H]43)C[C@@H]2C)cc1. The third kappa shape index (κ3) is 3.16. The molecule has 8 atom stereocenters. The molecule has 1 aromatic carbocycles. The van der Waals surface area contributed by atoms with Crippen LogP contribution in [0.1, 0.15) is 46.5 Å². The van der Waals surface area contributed by atoms with Crippen molar-refractivity contribution in [2.75, 3.05) is 38.2 Å². The summed E-state index contributed by atoms with van der Waals surface area (Å²) in [6.45, 7) is 10.7. The van der Waals surface area contributed by atoms with Gasteiger partial charge in [-0.3, -0.25) is 9.69 Å². The van der Waals surface area contributed by atoms with Crippen LogP contribution in [0, 0.1) is 23.2 Å². The third-order valence-electron chi connectivity index (χ3n) is 9.76. The van der Waals surface area contributed by atoms with E-state index >= 15 is 0 Å². The number of nitrogens with zero attached hydrogens (tertiary/aromatic N) is 2. The van der Waals surface area contributed by atoms with E-state index in [1.165, 1.54) is 24.9 Å². The topological polar surface area (TPSA) is 54.5 Å². The first-order chi connectivity index (χ1) is 15.9. The summed E-state index contributed by atoms with van der Waals surface area (Å²) in [5.74, 6) is 1.64. The van der Waals surface area contributed by atoms with Gasteiger partial charge < -0.3 is 19.1 Å². The number of anilines is 1. The molecule has 1 spiro atoms. The van der Waals surface area contributed by atoms with E-state index in [-0.39, 0.29) is 41.0 Å². The maximum absolute atomic E-state index is 13.1. The van der Waals surface area contributed by atoms with Crippen LogP contribution >= 0.6 is 0 Å². The zero-order chi connectivity index (χ0) is 23.0. The number of esters is 1. The Bertz CT molecular complexity index is 921. The highest BCUT2D eigenvalue weighted by atomic mass is 16.6. The van der Waals surface area contributed by atoms with Gasteiger partial charge in [0.15, 0.2) is 0 Å². The zero-order valence-electron chi connectivity index (χ0n) is 20.5. The molecule has 0 unspecified atom stereocenters. The van der Waals surface area contributed by atoms with Gasteiger partial charge in [-0.05, 0) is 56.4 Å². The first kappa shape index (κ1) is 21.7. The van der Waals surface area contributed by atoms with Gasteiger partial charge in [-0.25, -0.2) is 0 Å². The molecule has 2 saturated carbocycles. The Labute approximate surface area is 197 Å². The highest BCUT2D eigenvalue weighted by molar-refractivity contribution is 5.76. The molecule has 5 fully saturated rings. The minimum absolute atomic E-state index is 0.00999. The lowest BCUT2D eigenvalue weighted by Crippen LogP contribution is -2.56. The number of hydrogen-bond acceptors (Lipinski definition) is 6. The van der Waals surface area contributed by atoms with Crippen LogP contribution in [0.2, 0.25) is 0 Å². The fourth-order valence-corrected chi connectivity index (χ4v) is 8.08. The van der Waals surface area contributed by atoms with E-state index in [1.807, 2.05) is 12.1 Å². The quantitative estimate of drug-likeness (QED) is 0.510. The molecule has 0 aromatic heterocycles. The molecule has 6 nitrogen and oxygen atoms in total. The largest absolute Gasteiger partial charge is 0.497 e. The van der Waals surface area contributed by atoms with Gasteiger partial charge in [0.2, 0.25) is 0 Å². The summed E-state index contributed by atoms with van der Waals surface area (Å²) < 4.78 is 18.0. The molecule has 5 aliphatic rings. The second-order valence-corrected chi connectivity index (χ2v) is 11.5. The molecule has 0 amide bonds. The zero-order valence-corrected chi connectivity index (χ0v) is 20.5. The Hall–Kier alpha value is -1.79. The molecule has 3 saturated heterocycles. The Morgan fingerprint density at radius 1 is 1.18 bits per heavy atom. The monoisotopic (exact) mass is 454 g/mol. The summed E-state index contributed by atoms with van der Waals surface area (Å²) in [7, 11) is 1.70. The highest BCUT2D eigenvalue weighted by Gasteiger charge is 2.78. The number of ether oxygens (including phenoxy) is 3. The van der Waals surface area contributed by atoms with E-state index < -0.39 is 0 Å². The van der Waals surface area contributed by atoms with Crippen molar-refractivity contribution < 1.29 is 19.0 Å². The molecule has 3 aliphatic heterocycles. The molecular formula is C27H38N2O4. The molecule has 0 bridgehead atoms. The number of benzene rings is 1. The molecule has 6 rings (SSSR count). The average molecular weight is 455 g/mol. The number of epoxide rings is 1. The van der Waals surface area contributed by atoms with Crippen molar-refractivity contribution in [1.82, 2.24) is 4.90 Å². The lowest BCUT2D eigenvalue weighted by atomic mass is 9.53. The summed E-state index contributed by atoms with van der Waals surface area (Å²) in [5, 5.41) is 0. The van der Waals surface area contributed by atoms with Crippen LogP contribution in [0.5, 0.6) is 5.75 Å². The van der Waals surface area contributed by atoms with Gasteiger partial charge >= 0.3 is 5.97 Å². The van der Waals surface area contributed by atoms with Crippen LogP contribution in [-0.2, 0) is 14.3 Å². The summed E-state index contributed by atoms with van der Waals surface area (Å²) >= 11 is 0. The molecule has 6 heteroatoms. The third-order valence-corrected chi connectivity index (χ3v) is 9.76. The maximum Gasteiger partial charge on any atom is 0.311 e. The van der Waals surface area contributed by atoms with E-state index in [1.54, 1.807) is 7.11 Å². The lowest BCUT2D eigenvalue weighted by molar-refractivity contribution is -0.146. The normalized spacial score (nSPS) is 44.5. The predicted molar refractivity (Wildman–Crippen MR) is 126 cm³/mol. The standard InChI is InChI=1S/C27H38N2O4/c1-17-6-5-11-26(3)14-22-23(24-27(17,26)33-24)21(25(30)32-22)16-28-12-13-29(18(2)15-28)19-7-9-20(31-4)10-8-19/h7-10,17-18,21-24H,5-6,11-16H2,1-4H3/t17-,18-,21+,22+,23+,24-,26+,27-/m0/s1. The Morgan fingerprint density at radius 3 is 2.70 bits per heavy atom. The number of carbonyl (C=O) groups is 1. The Balaban J connectivity index is 1.14. The number of rotatable bonds is 4. The van der Waals surface area contributed by atoms with Crippen LogP contribution in [0.15, 0.2) is 24.3 Å². The second-order valence-electron chi connectivity index (χ2n) is 11.5. The smallest absolute Gasteiger partial charge is 0.311 e. The van der Waals surface area contributed by atoms with Gasteiger partial charge in [0, 0.05) is 49.2 Å². The van der Waals surface area contributed by atoms with Crippen molar-refractivity contribution in [3.05, 3.63) is 24.3 Å². The number of piperazine rings is 1. The van der Waals surface area contributed by atoms with E-state index in [2.05, 4.69) is 42.7 Å². The molecule has 3 heterocycles. The van der Waals surface area contributed by atoms with Crippen molar-refractivity contribution in [2.45, 2.75) is 70.3 Å². The number of hydrogen-bond donors (Lipinski definition) is 0. The number of methoxy groups -OCH3 is 1. The average Bonchev–Trinajstić information content (AvgIpc) is 3.48. The molecule has 0 radical (unpaired) electrons. The van der Waals surface area contributed by atoms with E-state index in [0.29, 0.717) is 12.0 Å². The first-order valence-corrected chi connectivity index (χ1v) is 12.9. The van der Waals surface area contributed by atoms with Gasteiger partial charge in [-0.15, -0.1) is 0 Å². The molecule has 0 N–H and O–H groups in total. The summed E-state index contributed by atoms with van der Waals surface area (Å²) in [6, 6.07) is 8.71. The minimum Gasteiger partial charge on any atom is -0.497 e.